The fraction of sp³-hybridized carbons (Fsp3) is 0.400. The lowest BCUT2D eigenvalue weighted by atomic mass is 10.1. The second kappa shape index (κ2) is 4.61. The number of benzene rings is 1. The summed E-state index contributed by atoms with van der Waals surface area (Å²) in [7, 11) is 3.16. The fourth-order valence-electron chi connectivity index (χ4n) is 1.13. The van der Waals surface area contributed by atoms with Crippen molar-refractivity contribution in [3.63, 3.8) is 0 Å². The van der Waals surface area contributed by atoms with E-state index in [1.807, 2.05) is 30.3 Å². The molecule has 1 aromatic carbocycles. The molecule has 0 spiro atoms. The van der Waals surface area contributed by atoms with Crippen molar-refractivity contribution in [1.82, 2.24) is 0 Å². The van der Waals surface area contributed by atoms with Crippen LogP contribution < -0.4 is 0 Å². The Morgan fingerprint density at radius 1 is 1.23 bits per heavy atom. The first-order valence-corrected chi connectivity index (χ1v) is 4.39. The van der Waals surface area contributed by atoms with Crippen LogP contribution in [0.5, 0.6) is 0 Å². The third-order valence-electron chi connectivity index (χ3n) is 1.86. The van der Waals surface area contributed by atoms with E-state index in [-0.39, 0.29) is 0 Å². The maximum atomic E-state index is 6.20. The van der Waals surface area contributed by atoms with Crippen LogP contribution in [0.2, 0.25) is 0 Å². The molecule has 0 saturated heterocycles. The van der Waals surface area contributed by atoms with E-state index >= 15 is 0 Å². The molecule has 13 heavy (non-hydrogen) atoms. The van der Waals surface area contributed by atoms with Crippen molar-refractivity contribution >= 4 is 11.6 Å². The zero-order valence-electron chi connectivity index (χ0n) is 7.79. The van der Waals surface area contributed by atoms with Gasteiger partial charge in [0, 0.05) is 19.8 Å². The van der Waals surface area contributed by atoms with E-state index in [0.29, 0.717) is 6.61 Å². The van der Waals surface area contributed by atoms with Gasteiger partial charge >= 0.3 is 0 Å². The maximum absolute atomic E-state index is 6.20. The van der Waals surface area contributed by atoms with Gasteiger partial charge in [0.25, 0.3) is 0 Å². The van der Waals surface area contributed by atoms with Gasteiger partial charge in [-0.1, -0.05) is 41.9 Å². The van der Waals surface area contributed by atoms with Gasteiger partial charge in [0.1, 0.15) is 0 Å². The molecule has 2 nitrogen and oxygen atoms in total. The van der Waals surface area contributed by atoms with E-state index < -0.39 is 5.06 Å². The van der Waals surface area contributed by atoms with Crippen molar-refractivity contribution < 1.29 is 9.47 Å². The summed E-state index contributed by atoms with van der Waals surface area (Å²) < 4.78 is 10.2. The van der Waals surface area contributed by atoms with E-state index in [2.05, 4.69) is 0 Å². The minimum absolute atomic E-state index is 0.328. The number of hydrogen-bond donors (Lipinski definition) is 0. The molecule has 0 aliphatic rings. The Labute approximate surface area is 83.4 Å². The summed E-state index contributed by atoms with van der Waals surface area (Å²) >= 11 is 6.20. The molecule has 0 radical (unpaired) electrons. The molecule has 1 atom stereocenters. The summed E-state index contributed by atoms with van der Waals surface area (Å²) in [5.41, 5.74) is 0.904. The van der Waals surface area contributed by atoms with E-state index in [4.69, 9.17) is 21.1 Å². The summed E-state index contributed by atoms with van der Waals surface area (Å²) in [6, 6.07) is 9.59. The first kappa shape index (κ1) is 10.5. The van der Waals surface area contributed by atoms with Gasteiger partial charge in [-0.05, 0) is 0 Å². The predicted octanol–water partition coefficient (Wildman–Crippen LogP) is 2.37. The van der Waals surface area contributed by atoms with Gasteiger partial charge in [-0.15, -0.1) is 0 Å². The molecule has 1 unspecified atom stereocenters. The zero-order valence-corrected chi connectivity index (χ0v) is 8.54. The number of methoxy groups -OCH3 is 2. The maximum Gasteiger partial charge on any atom is 0.190 e. The van der Waals surface area contributed by atoms with Crippen molar-refractivity contribution in [3.8, 4) is 0 Å². The van der Waals surface area contributed by atoms with Gasteiger partial charge in [-0.2, -0.15) is 0 Å². The van der Waals surface area contributed by atoms with Crippen molar-refractivity contribution in [2.45, 2.75) is 5.06 Å². The standard InChI is InChI=1S/C10H13ClO2/c1-12-8-10(11,13-2)9-6-4-3-5-7-9/h3-7H,8H2,1-2H3. The van der Waals surface area contributed by atoms with Gasteiger partial charge in [-0.3, -0.25) is 0 Å². The predicted molar refractivity (Wildman–Crippen MR) is 52.9 cm³/mol. The molecule has 0 heterocycles. The Morgan fingerprint density at radius 2 is 1.85 bits per heavy atom. The molecule has 0 aliphatic carbocycles. The van der Waals surface area contributed by atoms with Crippen molar-refractivity contribution in [2.24, 2.45) is 0 Å². The van der Waals surface area contributed by atoms with Crippen molar-refractivity contribution in [3.05, 3.63) is 35.9 Å². The lowest BCUT2D eigenvalue weighted by Crippen LogP contribution is -2.26. The SMILES string of the molecule is COCC(Cl)(OC)c1ccccc1. The second-order valence-electron chi connectivity index (χ2n) is 2.73. The lowest BCUT2D eigenvalue weighted by Gasteiger charge is -2.24. The van der Waals surface area contributed by atoms with Gasteiger partial charge in [-0.25, -0.2) is 0 Å². The van der Waals surface area contributed by atoms with Crippen LogP contribution in [0.3, 0.4) is 0 Å². The normalized spacial score (nSPS) is 15.3. The zero-order chi connectivity index (χ0) is 9.73. The third kappa shape index (κ3) is 2.44. The highest BCUT2D eigenvalue weighted by atomic mass is 35.5. The van der Waals surface area contributed by atoms with Gasteiger partial charge in [0.05, 0.1) is 6.61 Å². The number of alkyl halides is 1. The highest BCUT2D eigenvalue weighted by molar-refractivity contribution is 6.23. The Morgan fingerprint density at radius 3 is 2.31 bits per heavy atom. The first-order chi connectivity index (χ1) is 6.23. The summed E-state index contributed by atoms with van der Waals surface area (Å²) in [4.78, 5) is 0. The molecule has 0 N–H and O–H groups in total. The Hall–Kier alpha value is -0.570. The van der Waals surface area contributed by atoms with Crippen molar-refractivity contribution in [2.75, 3.05) is 20.8 Å². The number of rotatable bonds is 4. The number of ether oxygens (including phenoxy) is 2. The molecule has 1 rings (SSSR count). The Kier molecular flexibility index (Phi) is 3.72. The molecule has 0 aromatic heterocycles. The quantitative estimate of drug-likeness (QED) is 0.695. The van der Waals surface area contributed by atoms with E-state index in [1.165, 1.54) is 0 Å². The average molecular weight is 201 g/mol. The van der Waals surface area contributed by atoms with Crippen molar-refractivity contribution in [1.29, 1.82) is 0 Å². The van der Waals surface area contributed by atoms with Crippen LogP contribution in [0.4, 0.5) is 0 Å². The van der Waals surface area contributed by atoms with Gasteiger partial charge in [0.2, 0.25) is 0 Å². The summed E-state index contributed by atoms with van der Waals surface area (Å²) in [6.07, 6.45) is 0. The molecule has 0 saturated carbocycles. The minimum Gasteiger partial charge on any atom is -0.380 e. The van der Waals surface area contributed by atoms with Crippen LogP contribution in [0, 0.1) is 0 Å². The van der Waals surface area contributed by atoms with Gasteiger partial charge in [0.15, 0.2) is 5.06 Å². The largest absolute Gasteiger partial charge is 0.380 e. The van der Waals surface area contributed by atoms with E-state index in [1.54, 1.807) is 14.2 Å². The molecule has 0 aliphatic heterocycles. The van der Waals surface area contributed by atoms with Crippen LogP contribution in [0.25, 0.3) is 0 Å². The van der Waals surface area contributed by atoms with Crippen LogP contribution in [0.1, 0.15) is 5.56 Å². The molecular weight excluding hydrogens is 188 g/mol. The van der Waals surface area contributed by atoms with Crippen LogP contribution in [-0.2, 0) is 14.5 Å². The lowest BCUT2D eigenvalue weighted by molar-refractivity contribution is -0.00647. The molecule has 0 amide bonds. The van der Waals surface area contributed by atoms with Crippen LogP contribution in [-0.4, -0.2) is 20.8 Å². The molecule has 1 aromatic rings. The summed E-state index contributed by atoms with van der Waals surface area (Å²) in [6.45, 7) is 0.328. The second-order valence-corrected chi connectivity index (χ2v) is 3.34. The molecule has 0 bridgehead atoms. The molecule has 72 valence electrons. The summed E-state index contributed by atoms with van der Waals surface area (Å²) in [5.74, 6) is 0. The smallest absolute Gasteiger partial charge is 0.190 e. The van der Waals surface area contributed by atoms with E-state index in [0.717, 1.165) is 5.56 Å². The number of hydrogen-bond acceptors (Lipinski definition) is 2. The topological polar surface area (TPSA) is 18.5 Å². The molecule has 3 heteroatoms. The van der Waals surface area contributed by atoms with E-state index in [9.17, 15) is 0 Å². The minimum atomic E-state index is -0.865. The highest BCUT2D eigenvalue weighted by Gasteiger charge is 2.28. The van der Waals surface area contributed by atoms with Crippen LogP contribution >= 0.6 is 11.6 Å². The summed E-state index contributed by atoms with van der Waals surface area (Å²) in [5, 5.41) is -0.865. The van der Waals surface area contributed by atoms with Crippen LogP contribution in [0.15, 0.2) is 30.3 Å². The molecule has 0 fully saturated rings. The number of halogens is 1. The monoisotopic (exact) mass is 200 g/mol. The first-order valence-electron chi connectivity index (χ1n) is 4.01. The Balaban J connectivity index is 2.89. The third-order valence-corrected chi connectivity index (χ3v) is 2.34. The fourth-order valence-corrected chi connectivity index (χ4v) is 1.37. The average Bonchev–Trinajstić information content (AvgIpc) is 2.19. The Bertz CT molecular complexity index is 250. The van der Waals surface area contributed by atoms with Gasteiger partial charge < -0.3 is 9.47 Å². The molecular formula is C10H13ClO2. The highest BCUT2D eigenvalue weighted by Crippen LogP contribution is 2.29.